The maximum atomic E-state index is 9.12. The fraction of sp³-hybridized carbons (Fsp3) is 0.385. The average Bonchev–Trinajstić information content (AvgIpc) is 2.25. The molecule has 2 heteroatoms. The Labute approximate surface area is 91.3 Å². The molecule has 0 aliphatic rings. The molecule has 0 bridgehead atoms. The van der Waals surface area contributed by atoms with Crippen molar-refractivity contribution in [1.29, 1.82) is 0 Å². The molecule has 1 unspecified atom stereocenters. The van der Waals surface area contributed by atoms with Crippen LogP contribution in [0.1, 0.15) is 18.9 Å². The monoisotopic (exact) mass is 203 g/mol. The molecule has 0 saturated heterocycles. The second-order valence-corrected chi connectivity index (χ2v) is 3.69. The van der Waals surface area contributed by atoms with Gasteiger partial charge in [-0.15, -0.1) is 6.42 Å². The van der Waals surface area contributed by atoms with Crippen LogP contribution in [-0.4, -0.2) is 17.7 Å². The van der Waals surface area contributed by atoms with Crippen molar-refractivity contribution in [1.82, 2.24) is 5.32 Å². The van der Waals surface area contributed by atoms with Crippen molar-refractivity contribution in [3.05, 3.63) is 29.8 Å². The second kappa shape index (κ2) is 6.10. The molecule has 0 spiro atoms. The Hall–Kier alpha value is -1.46. The van der Waals surface area contributed by atoms with Gasteiger partial charge in [0.15, 0.2) is 0 Å². The van der Waals surface area contributed by atoms with Crippen molar-refractivity contribution in [3.8, 4) is 18.1 Å². The van der Waals surface area contributed by atoms with E-state index in [0.29, 0.717) is 18.3 Å². The molecule has 0 radical (unpaired) electrons. The lowest BCUT2D eigenvalue weighted by molar-refractivity contribution is 0.475. The van der Waals surface area contributed by atoms with Crippen LogP contribution in [0.4, 0.5) is 0 Å². The van der Waals surface area contributed by atoms with E-state index in [1.165, 1.54) is 5.56 Å². The minimum absolute atomic E-state index is 0.317. The molecule has 80 valence electrons. The predicted octanol–water partition coefficient (Wildman–Crippen LogP) is 1.94. The van der Waals surface area contributed by atoms with E-state index in [0.717, 1.165) is 12.8 Å². The lowest BCUT2D eigenvalue weighted by Crippen LogP contribution is -2.26. The summed E-state index contributed by atoms with van der Waals surface area (Å²) < 4.78 is 0. The van der Waals surface area contributed by atoms with Gasteiger partial charge in [-0.1, -0.05) is 18.1 Å². The lowest BCUT2D eigenvalue weighted by atomic mass is 10.1. The van der Waals surface area contributed by atoms with E-state index in [9.17, 15) is 0 Å². The van der Waals surface area contributed by atoms with E-state index < -0.39 is 0 Å². The van der Waals surface area contributed by atoms with E-state index in [2.05, 4.69) is 18.2 Å². The number of aryl methyl sites for hydroxylation is 1. The molecular formula is C13H17NO. The van der Waals surface area contributed by atoms with E-state index in [4.69, 9.17) is 11.5 Å². The molecule has 0 heterocycles. The molecule has 1 rings (SSSR count). The van der Waals surface area contributed by atoms with Gasteiger partial charge in [0.05, 0.1) is 6.54 Å². The topological polar surface area (TPSA) is 32.3 Å². The lowest BCUT2D eigenvalue weighted by Gasteiger charge is -2.11. The molecular weight excluding hydrogens is 186 g/mol. The maximum Gasteiger partial charge on any atom is 0.115 e. The summed E-state index contributed by atoms with van der Waals surface area (Å²) >= 11 is 0. The number of terminal acetylenes is 1. The zero-order valence-electron chi connectivity index (χ0n) is 9.03. The summed E-state index contributed by atoms with van der Waals surface area (Å²) in [4.78, 5) is 0. The highest BCUT2D eigenvalue weighted by atomic mass is 16.3. The first-order valence-electron chi connectivity index (χ1n) is 5.17. The highest BCUT2D eigenvalue weighted by molar-refractivity contribution is 5.25. The van der Waals surface area contributed by atoms with E-state index in [-0.39, 0.29) is 0 Å². The number of hydrogen-bond acceptors (Lipinski definition) is 2. The molecule has 0 saturated carbocycles. The molecule has 0 aliphatic carbocycles. The van der Waals surface area contributed by atoms with Crippen molar-refractivity contribution >= 4 is 0 Å². The van der Waals surface area contributed by atoms with Gasteiger partial charge < -0.3 is 10.4 Å². The van der Waals surface area contributed by atoms with Crippen molar-refractivity contribution in [2.24, 2.45) is 0 Å². The summed E-state index contributed by atoms with van der Waals surface area (Å²) in [5.41, 5.74) is 1.24. The Morgan fingerprint density at radius 1 is 1.40 bits per heavy atom. The summed E-state index contributed by atoms with van der Waals surface area (Å²) in [6.07, 6.45) is 7.21. The fourth-order valence-corrected chi connectivity index (χ4v) is 1.38. The minimum atomic E-state index is 0.317. The Bertz CT molecular complexity index is 323. The second-order valence-electron chi connectivity index (χ2n) is 3.69. The van der Waals surface area contributed by atoms with Crippen molar-refractivity contribution in [2.75, 3.05) is 6.54 Å². The summed E-state index contributed by atoms with van der Waals surface area (Å²) in [7, 11) is 0. The standard InChI is InChI=1S/C13H17NO/c1-3-10-14-11(2)4-5-12-6-8-13(15)9-7-12/h1,6-9,11,14-15H,4-5,10H2,2H3. The minimum Gasteiger partial charge on any atom is -0.508 e. The van der Waals surface area contributed by atoms with Gasteiger partial charge >= 0.3 is 0 Å². The molecule has 1 aromatic rings. The average molecular weight is 203 g/mol. The van der Waals surface area contributed by atoms with Crippen LogP contribution in [0.3, 0.4) is 0 Å². The van der Waals surface area contributed by atoms with Crippen molar-refractivity contribution in [2.45, 2.75) is 25.8 Å². The summed E-state index contributed by atoms with van der Waals surface area (Å²) in [6, 6.07) is 7.76. The largest absolute Gasteiger partial charge is 0.508 e. The van der Waals surface area contributed by atoms with Crippen LogP contribution >= 0.6 is 0 Å². The van der Waals surface area contributed by atoms with E-state index in [1.807, 2.05) is 12.1 Å². The van der Waals surface area contributed by atoms with E-state index >= 15 is 0 Å². The van der Waals surface area contributed by atoms with Crippen LogP contribution in [-0.2, 0) is 6.42 Å². The van der Waals surface area contributed by atoms with Gasteiger partial charge in [-0.3, -0.25) is 0 Å². The summed E-state index contributed by atoms with van der Waals surface area (Å²) in [5, 5.41) is 12.3. The molecule has 2 N–H and O–H groups in total. The summed E-state index contributed by atoms with van der Waals surface area (Å²) in [6.45, 7) is 2.74. The number of rotatable bonds is 5. The highest BCUT2D eigenvalue weighted by Gasteiger charge is 2.00. The zero-order valence-corrected chi connectivity index (χ0v) is 9.03. The van der Waals surface area contributed by atoms with Crippen LogP contribution in [0.25, 0.3) is 0 Å². The van der Waals surface area contributed by atoms with Crippen LogP contribution < -0.4 is 5.32 Å². The predicted molar refractivity (Wildman–Crippen MR) is 62.7 cm³/mol. The third-order valence-corrected chi connectivity index (χ3v) is 2.35. The zero-order chi connectivity index (χ0) is 11.1. The van der Waals surface area contributed by atoms with Gasteiger partial charge in [0.25, 0.3) is 0 Å². The van der Waals surface area contributed by atoms with Gasteiger partial charge in [-0.25, -0.2) is 0 Å². The number of benzene rings is 1. The smallest absolute Gasteiger partial charge is 0.115 e. The quantitative estimate of drug-likeness (QED) is 0.717. The number of phenols is 1. The molecule has 0 fully saturated rings. The molecule has 0 amide bonds. The van der Waals surface area contributed by atoms with Crippen LogP contribution in [0.5, 0.6) is 5.75 Å². The number of aromatic hydroxyl groups is 1. The van der Waals surface area contributed by atoms with Gasteiger partial charge in [0.2, 0.25) is 0 Å². The van der Waals surface area contributed by atoms with Crippen LogP contribution in [0, 0.1) is 12.3 Å². The first-order valence-corrected chi connectivity index (χ1v) is 5.17. The summed E-state index contributed by atoms with van der Waals surface area (Å²) in [5.74, 6) is 2.88. The van der Waals surface area contributed by atoms with Gasteiger partial charge in [0.1, 0.15) is 5.75 Å². The number of phenolic OH excluding ortho intramolecular Hbond substituents is 1. The van der Waals surface area contributed by atoms with Gasteiger partial charge in [-0.2, -0.15) is 0 Å². The number of nitrogens with one attached hydrogen (secondary N) is 1. The third kappa shape index (κ3) is 4.53. The van der Waals surface area contributed by atoms with Crippen LogP contribution in [0.2, 0.25) is 0 Å². The van der Waals surface area contributed by atoms with E-state index in [1.54, 1.807) is 12.1 Å². The van der Waals surface area contributed by atoms with Crippen LogP contribution in [0.15, 0.2) is 24.3 Å². The molecule has 15 heavy (non-hydrogen) atoms. The first-order chi connectivity index (χ1) is 7.22. The normalized spacial score (nSPS) is 12.0. The van der Waals surface area contributed by atoms with Crippen molar-refractivity contribution in [3.63, 3.8) is 0 Å². The first kappa shape index (κ1) is 11.6. The Morgan fingerprint density at radius 2 is 2.07 bits per heavy atom. The molecule has 2 nitrogen and oxygen atoms in total. The van der Waals surface area contributed by atoms with Gasteiger partial charge in [0, 0.05) is 6.04 Å². The molecule has 1 aromatic carbocycles. The Balaban J connectivity index is 2.31. The fourth-order valence-electron chi connectivity index (χ4n) is 1.38. The van der Waals surface area contributed by atoms with Gasteiger partial charge in [-0.05, 0) is 37.5 Å². The Kier molecular flexibility index (Phi) is 4.73. The SMILES string of the molecule is C#CCNC(C)CCc1ccc(O)cc1. The third-order valence-electron chi connectivity index (χ3n) is 2.35. The highest BCUT2D eigenvalue weighted by Crippen LogP contribution is 2.11. The van der Waals surface area contributed by atoms with Crippen molar-refractivity contribution < 1.29 is 5.11 Å². The maximum absolute atomic E-state index is 9.12. The molecule has 1 atom stereocenters. The molecule has 0 aliphatic heterocycles. The molecule has 0 aromatic heterocycles. The Morgan fingerprint density at radius 3 is 2.67 bits per heavy atom. The number of hydrogen-bond donors (Lipinski definition) is 2.